The van der Waals surface area contributed by atoms with Crippen molar-refractivity contribution in [3.63, 3.8) is 0 Å². The number of rotatable bonds is 7. The highest BCUT2D eigenvalue weighted by Crippen LogP contribution is 2.23. The number of hydrogen-bond acceptors (Lipinski definition) is 7. The zero-order valence-corrected chi connectivity index (χ0v) is 15.3. The number of carboxylic acids is 1. The first-order valence-corrected chi connectivity index (χ1v) is 9.03. The second kappa shape index (κ2) is 9.14. The zero-order chi connectivity index (χ0) is 19.1. The number of amidine groups is 1. The van der Waals surface area contributed by atoms with E-state index in [1.165, 1.54) is 24.3 Å². The first kappa shape index (κ1) is 19.6. The van der Waals surface area contributed by atoms with E-state index in [0.717, 1.165) is 30.3 Å². The van der Waals surface area contributed by atoms with E-state index in [1.54, 1.807) is 0 Å². The molecular formula is C17H19N4O4S-. The number of aromatic carboxylic acids is 1. The van der Waals surface area contributed by atoms with Crippen LogP contribution in [0.2, 0.25) is 0 Å². The van der Waals surface area contributed by atoms with Crippen LogP contribution in [0, 0.1) is 0 Å². The fourth-order valence-corrected chi connectivity index (χ4v) is 3.08. The summed E-state index contributed by atoms with van der Waals surface area (Å²) in [5.41, 5.74) is 1.39. The average Bonchev–Trinajstić information content (AvgIpc) is 2.95. The Morgan fingerprint density at radius 1 is 1.23 bits per heavy atom. The molecule has 0 bridgehead atoms. The second-order valence-electron chi connectivity index (χ2n) is 5.49. The minimum Gasteiger partial charge on any atom is -0.545 e. The number of benzene rings is 1. The van der Waals surface area contributed by atoms with Gasteiger partial charge in [0.15, 0.2) is 5.17 Å². The standard InChI is InChI=1S/C17H20N4O4S/c1-3-11(4-2)20-21-17-19-15(23)13(26-17)9-14(22)18-12-7-5-10(6-8-12)16(24)25/h5-8,13H,3-4,9H2,1-2H3,(H,18,22)(H,24,25)(H,19,21,23)/p-1/t13-/m0/s1. The third-order valence-electron chi connectivity index (χ3n) is 3.65. The number of carboxylic acid groups (broad SMARTS) is 1. The van der Waals surface area contributed by atoms with Gasteiger partial charge in [0.25, 0.3) is 0 Å². The number of carbonyl (C=O) groups is 3. The van der Waals surface area contributed by atoms with Gasteiger partial charge in [0, 0.05) is 17.8 Å². The van der Waals surface area contributed by atoms with Gasteiger partial charge in [0.1, 0.15) is 5.25 Å². The largest absolute Gasteiger partial charge is 0.545 e. The number of hydrogen-bond donors (Lipinski definition) is 2. The van der Waals surface area contributed by atoms with E-state index in [1.807, 2.05) is 13.8 Å². The molecular weight excluding hydrogens is 356 g/mol. The Bertz CT molecular complexity index is 753. The highest BCUT2D eigenvalue weighted by molar-refractivity contribution is 8.15. The maximum atomic E-state index is 12.1. The first-order chi connectivity index (χ1) is 12.4. The van der Waals surface area contributed by atoms with Gasteiger partial charge in [-0.15, -0.1) is 5.10 Å². The highest BCUT2D eigenvalue weighted by Gasteiger charge is 2.32. The smallest absolute Gasteiger partial charge is 0.240 e. The van der Waals surface area contributed by atoms with Crippen LogP contribution in [-0.4, -0.2) is 33.9 Å². The van der Waals surface area contributed by atoms with Crippen LogP contribution in [0.25, 0.3) is 0 Å². The number of anilines is 1. The van der Waals surface area contributed by atoms with Gasteiger partial charge in [-0.25, -0.2) is 0 Å². The Morgan fingerprint density at radius 2 is 1.88 bits per heavy atom. The molecule has 2 N–H and O–H groups in total. The molecule has 0 aliphatic carbocycles. The van der Waals surface area contributed by atoms with Crippen molar-refractivity contribution in [1.82, 2.24) is 5.32 Å². The van der Waals surface area contributed by atoms with Crippen molar-refractivity contribution in [2.24, 2.45) is 10.2 Å². The van der Waals surface area contributed by atoms with Crippen LogP contribution in [0.5, 0.6) is 0 Å². The van der Waals surface area contributed by atoms with Crippen LogP contribution in [0.3, 0.4) is 0 Å². The van der Waals surface area contributed by atoms with Gasteiger partial charge in [-0.05, 0) is 30.5 Å². The summed E-state index contributed by atoms with van der Waals surface area (Å²) in [4.78, 5) is 34.8. The molecule has 1 heterocycles. The fourth-order valence-electron chi connectivity index (χ4n) is 2.16. The SMILES string of the molecule is CCC(CC)=N/N=C1\NC(=O)[C@H](CC(=O)Nc2ccc(C(=O)[O-])cc2)S1. The third kappa shape index (κ3) is 5.41. The van der Waals surface area contributed by atoms with Crippen LogP contribution in [0.15, 0.2) is 34.5 Å². The van der Waals surface area contributed by atoms with Crippen molar-refractivity contribution in [1.29, 1.82) is 0 Å². The molecule has 0 radical (unpaired) electrons. The Labute approximate surface area is 155 Å². The van der Waals surface area contributed by atoms with Crippen molar-refractivity contribution >= 4 is 46.1 Å². The van der Waals surface area contributed by atoms with Gasteiger partial charge < -0.3 is 20.5 Å². The van der Waals surface area contributed by atoms with E-state index in [0.29, 0.717) is 10.9 Å². The molecule has 1 aromatic rings. The molecule has 0 aromatic heterocycles. The lowest BCUT2D eigenvalue weighted by Crippen LogP contribution is -2.28. The normalized spacial score (nSPS) is 17.7. The summed E-state index contributed by atoms with van der Waals surface area (Å²) < 4.78 is 0. The molecule has 0 saturated carbocycles. The zero-order valence-electron chi connectivity index (χ0n) is 14.4. The van der Waals surface area contributed by atoms with Crippen LogP contribution >= 0.6 is 11.8 Å². The van der Waals surface area contributed by atoms with Crippen molar-refractivity contribution in [3.8, 4) is 0 Å². The Morgan fingerprint density at radius 3 is 2.46 bits per heavy atom. The molecule has 2 rings (SSSR count). The Hall–Kier alpha value is -2.68. The minimum atomic E-state index is -1.29. The van der Waals surface area contributed by atoms with E-state index >= 15 is 0 Å². The van der Waals surface area contributed by atoms with E-state index in [9.17, 15) is 19.5 Å². The van der Waals surface area contributed by atoms with Crippen molar-refractivity contribution in [2.75, 3.05) is 5.32 Å². The van der Waals surface area contributed by atoms with Crippen molar-refractivity contribution in [3.05, 3.63) is 29.8 Å². The van der Waals surface area contributed by atoms with Crippen LogP contribution in [0.4, 0.5) is 5.69 Å². The van der Waals surface area contributed by atoms with E-state index in [2.05, 4.69) is 20.8 Å². The number of nitrogens with one attached hydrogen (secondary N) is 2. The fraction of sp³-hybridized carbons (Fsp3) is 0.353. The maximum Gasteiger partial charge on any atom is 0.240 e. The topological polar surface area (TPSA) is 123 Å². The van der Waals surface area contributed by atoms with Gasteiger partial charge in [0.05, 0.1) is 5.97 Å². The van der Waals surface area contributed by atoms with Gasteiger partial charge in [-0.3, -0.25) is 9.59 Å². The molecule has 8 nitrogen and oxygen atoms in total. The van der Waals surface area contributed by atoms with E-state index in [4.69, 9.17) is 0 Å². The van der Waals surface area contributed by atoms with Crippen LogP contribution < -0.4 is 15.7 Å². The first-order valence-electron chi connectivity index (χ1n) is 8.15. The second-order valence-corrected chi connectivity index (χ2v) is 6.68. The lowest BCUT2D eigenvalue weighted by molar-refractivity contribution is -0.255. The molecule has 26 heavy (non-hydrogen) atoms. The summed E-state index contributed by atoms with van der Waals surface area (Å²) >= 11 is 1.16. The molecule has 0 unspecified atom stereocenters. The summed E-state index contributed by atoms with van der Waals surface area (Å²) in [5.74, 6) is -1.93. The van der Waals surface area contributed by atoms with E-state index in [-0.39, 0.29) is 23.8 Å². The summed E-state index contributed by atoms with van der Waals surface area (Å²) in [6.07, 6.45) is 1.54. The maximum absolute atomic E-state index is 12.1. The van der Waals surface area contributed by atoms with Crippen LogP contribution in [0.1, 0.15) is 43.5 Å². The lowest BCUT2D eigenvalue weighted by atomic mass is 10.2. The molecule has 1 aliphatic rings. The van der Waals surface area contributed by atoms with E-state index < -0.39 is 11.2 Å². The monoisotopic (exact) mass is 375 g/mol. The van der Waals surface area contributed by atoms with Gasteiger partial charge in [-0.1, -0.05) is 37.7 Å². The molecule has 1 saturated heterocycles. The van der Waals surface area contributed by atoms with Gasteiger partial charge >= 0.3 is 0 Å². The molecule has 1 atom stereocenters. The Balaban J connectivity index is 1.92. The summed E-state index contributed by atoms with van der Waals surface area (Å²) in [6, 6.07) is 5.60. The van der Waals surface area contributed by atoms with Crippen molar-refractivity contribution < 1.29 is 19.5 Å². The summed E-state index contributed by atoms with van der Waals surface area (Å²) in [7, 11) is 0. The minimum absolute atomic E-state index is 0.0219. The number of carbonyl (C=O) groups excluding carboxylic acids is 3. The van der Waals surface area contributed by atoms with Crippen molar-refractivity contribution in [2.45, 2.75) is 38.4 Å². The molecule has 1 fully saturated rings. The van der Waals surface area contributed by atoms with Gasteiger partial charge in [0.2, 0.25) is 11.8 Å². The average molecular weight is 375 g/mol. The molecule has 9 heteroatoms. The molecule has 0 spiro atoms. The highest BCUT2D eigenvalue weighted by atomic mass is 32.2. The summed E-state index contributed by atoms with van der Waals surface area (Å²) in [6.45, 7) is 3.96. The predicted molar refractivity (Wildman–Crippen MR) is 99.0 cm³/mol. The molecule has 1 aliphatic heterocycles. The molecule has 138 valence electrons. The number of thioether (sulfide) groups is 1. The molecule has 2 amide bonds. The summed E-state index contributed by atoms with van der Waals surface area (Å²) in [5, 5.41) is 23.9. The third-order valence-corrected chi connectivity index (χ3v) is 4.72. The van der Waals surface area contributed by atoms with Crippen LogP contribution in [-0.2, 0) is 9.59 Å². The quantitative estimate of drug-likeness (QED) is 0.546. The van der Waals surface area contributed by atoms with Gasteiger partial charge in [-0.2, -0.15) is 5.10 Å². The number of nitrogens with zero attached hydrogens (tertiary/aromatic N) is 2. The number of amides is 2. The predicted octanol–water partition coefficient (Wildman–Crippen LogP) is 1.14. The lowest BCUT2D eigenvalue weighted by Gasteiger charge is -2.08. The molecule has 1 aromatic carbocycles. The Kier molecular flexibility index (Phi) is 6.90.